The van der Waals surface area contributed by atoms with Gasteiger partial charge in [0.05, 0.1) is 0 Å². The summed E-state index contributed by atoms with van der Waals surface area (Å²) in [4.78, 5) is 6.19. The second-order valence-electron chi connectivity index (χ2n) is 19.4. The van der Waals surface area contributed by atoms with Crippen molar-refractivity contribution in [3.05, 3.63) is 155 Å². The van der Waals surface area contributed by atoms with Crippen LogP contribution in [0.1, 0.15) is 119 Å². The quantitative estimate of drug-likeness (QED) is 0.272. The standard InChI is InChI=1S/C54H64N2/c1-4-14-37(15-5-1)40-24-28-45(29-25-40)55-51-22-12-10-20-47(51)49-35-41(26-30-53(49)55)42-27-31-54-50(36-42)48-21-11-13-23-52(48)56(54)46-33-43(38-16-6-2-7-17-38)32-44(34-46)39-18-8-3-9-19-39/h1-11,14,16-21,24,30,36-37,41,43-52,54H,12-13,15,22-23,25-29,31-35H2. The summed E-state index contributed by atoms with van der Waals surface area (Å²) in [5, 5.41) is 0. The van der Waals surface area contributed by atoms with E-state index in [4.69, 9.17) is 0 Å². The average Bonchev–Trinajstić information content (AvgIpc) is 3.79. The Morgan fingerprint density at radius 2 is 1.21 bits per heavy atom. The van der Waals surface area contributed by atoms with Crippen LogP contribution in [0.5, 0.6) is 0 Å². The second-order valence-corrected chi connectivity index (χ2v) is 19.4. The van der Waals surface area contributed by atoms with Crippen LogP contribution in [0, 0.1) is 35.5 Å². The van der Waals surface area contributed by atoms with Crippen molar-refractivity contribution in [1.29, 1.82) is 0 Å². The predicted molar refractivity (Wildman–Crippen MR) is 232 cm³/mol. The van der Waals surface area contributed by atoms with Gasteiger partial charge in [-0.25, -0.2) is 0 Å². The third-order valence-electron chi connectivity index (χ3n) is 16.7. The summed E-state index contributed by atoms with van der Waals surface area (Å²) < 4.78 is 0. The molecule has 0 spiro atoms. The van der Waals surface area contributed by atoms with Crippen LogP contribution in [0.3, 0.4) is 0 Å². The Morgan fingerprint density at radius 1 is 0.500 bits per heavy atom. The zero-order valence-corrected chi connectivity index (χ0v) is 33.6. The van der Waals surface area contributed by atoms with Gasteiger partial charge < -0.3 is 4.90 Å². The van der Waals surface area contributed by atoms with Crippen LogP contribution in [-0.2, 0) is 0 Å². The molecule has 2 saturated heterocycles. The normalized spacial score (nSPS) is 40.2. The van der Waals surface area contributed by atoms with Crippen molar-refractivity contribution in [3.8, 4) is 0 Å². The molecule has 12 atom stereocenters. The zero-order chi connectivity index (χ0) is 37.0. The fourth-order valence-electron chi connectivity index (χ4n) is 14.3. The van der Waals surface area contributed by atoms with Crippen molar-refractivity contribution in [3.63, 3.8) is 0 Å². The molecule has 2 aromatic carbocycles. The van der Waals surface area contributed by atoms with Gasteiger partial charge in [-0.15, -0.1) is 0 Å². The predicted octanol–water partition coefficient (Wildman–Crippen LogP) is 12.6. The first-order valence-electron chi connectivity index (χ1n) is 23.2. The SMILES string of the molecule is C1=CCC(C2=CCC(N3C4=CCC(C5=CC6C7C=CCCC7N(C7CC(c8ccccc8)CC(c8ccccc8)C7)C6CC5)CC4C4C=CCCC43)CC2)C=C1. The summed E-state index contributed by atoms with van der Waals surface area (Å²) in [7, 11) is 0. The molecule has 11 rings (SSSR count). The molecule has 2 aromatic rings. The molecule has 3 fully saturated rings. The molecular weight excluding hydrogens is 677 g/mol. The molecule has 0 amide bonds. The van der Waals surface area contributed by atoms with Crippen LogP contribution >= 0.6 is 0 Å². The van der Waals surface area contributed by atoms with E-state index in [1.807, 2.05) is 5.57 Å². The Balaban J connectivity index is 0.848. The van der Waals surface area contributed by atoms with Gasteiger partial charge in [0, 0.05) is 65.5 Å². The van der Waals surface area contributed by atoms with E-state index in [9.17, 15) is 0 Å². The molecule has 2 heteroatoms. The molecule has 2 aliphatic heterocycles. The Morgan fingerprint density at radius 3 is 1.93 bits per heavy atom. The number of benzene rings is 2. The molecule has 0 radical (unpaired) electrons. The molecule has 1 saturated carbocycles. The molecule has 2 heterocycles. The van der Waals surface area contributed by atoms with Gasteiger partial charge in [-0.1, -0.05) is 139 Å². The lowest BCUT2D eigenvalue weighted by Crippen LogP contribution is -2.49. The average molecular weight is 741 g/mol. The number of nitrogens with zero attached hydrogens (tertiary/aromatic N) is 2. The maximum absolute atomic E-state index is 3.17. The third kappa shape index (κ3) is 6.42. The van der Waals surface area contributed by atoms with Crippen LogP contribution in [-0.4, -0.2) is 40.0 Å². The van der Waals surface area contributed by atoms with Gasteiger partial charge in [0.2, 0.25) is 0 Å². The summed E-state index contributed by atoms with van der Waals surface area (Å²) in [5.74, 6) is 5.42. The number of likely N-dealkylation sites (tertiary alicyclic amines) is 2. The molecule has 56 heavy (non-hydrogen) atoms. The summed E-state index contributed by atoms with van der Waals surface area (Å²) >= 11 is 0. The first-order chi connectivity index (χ1) is 27.8. The Labute approximate surface area is 337 Å². The first-order valence-corrected chi connectivity index (χ1v) is 23.2. The highest BCUT2D eigenvalue weighted by atomic mass is 15.3. The van der Waals surface area contributed by atoms with Gasteiger partial charge >= 0.3 is 0 Å². The molecule has 0 N–H and O–H groups in total. The topological polar surface area (TPSA) is 6.48 Å². The fraction of sp³-hybridized carbons (Fsp3) is 0.519. The Bertz CT molecular complexity index is 1900. The molecule has 2 nitrogen and oxygen atoms in total. The minimum Gasteiger partial charge on any atom is -0.368 e. The van der Waals surface area contributed by atoms with Crippen molar-refractivity contribution >= 4 is 0 Å². The minimum atomic E-state index is 0.636. The van der Waals surface area contributed by atoms with E-state index in [0.717, 1.165) is 5.92 Å². The van der Waals surface area contributed by atoms with Crippen molar-refractivity contribution in [2.45, 2.75) is 138 Å². The molecule has 0 aromatic heterocycles. The van der Waals surface area contributed by atoms with E-state index >= 15 is 0 Å². The van der Waals surface area contributed by atoms with Gasteiger partial charge in [0.15, 0.2) is 0 Å². The number of hydrogen-bond acceptors (Lipinski definition) is 2. The van der Waals surface area contributed by atoms with E-state index in [2.05, 4.69) is 137 Å². The number of rotatable bonds is 6. The lowest BCUT2D eigenvalue weighted by Gasteiger charge is -2.46. The van der Waals surface area contributed by atoms with E-state index in [-0.39, 0.29) is 0 Å². The second kappa shape index (κ2) is 15.3. The van der Waals surface area contributed by atoms with Crippen molar-refractivity contribution in [2.75, 3.05) is 0 Å². The van der Waals surface area contributed by atoms with Gasteiger partial charge in [0.25, 0.3) is 0 Å². The lowest BCUT2D eigenvalue weighted by molar-refractivity contribution is 0.0676. The van der Waals surface area contributed by atoms with Crippen LogP contribution in [0.4, 0.5) is 0 Å². The largest absolute Gasteiger partial charge is 0.368 e. The van der Waals surface area contributed by atoms with E-state index < -0.39 is 0 Å². The van der Waals surface area contributed by atoms with Crippen LogP contribution in [0.2, 0.25) is 0 Å². The smallest absolute Gasteiger partial charge is 0.0362 e. The summed E-state index contributed by atoms with van der Waals surface area (Å²) in [6, 6.07) is 26.6. The Kier molecular flexibility index (Phi) is 9.70. The molecule has 0 bridgehead atoms. The fourth-order valence-corrected chi connectivity index (χ4v) is 14.3. The van der Waals surface area contributed by atoms with Crippen LogP contribution in [0.15, 0.2) is 144 Å². The number of allylic oxidation sites excluding steroid dienone is 10. The van der Waals surface area contributed by atoms with Crippen LogP contribution < -0.4 is 0 Å². The minimum absolute atomic E-state index is 0.636. The molecular formula is C54H64N2. The highest BCUT2D eigenvalue weighted by Gasteiger charge is 2.53. The monoisotopic (exact) mass is 741 g/mol. The third-order valence-corrected chi connectivity index (χ3v) is 16.7. The highest BCUT2D eigenvalue weighted by Crippen LogP contribution is 2.56. The highest BCUT2D eigenvalue weighted by molar-refractivity contribution is 5.33. The Hall–Kier alpha value is -3.62. The molecule has 12 unspecified atom stereocenters. The van der Waals surface area contributed by atoms with Crippen molar-refractivity contribution < 1.29 is 0 Å². The van der Waals surface area contributed by atoms with E-state index in [1.54, 1.807) is 22.4 Å². The molecule has 9 aliphatic rings. The first kappa shape index (κ1) is 35.5. The van der Waals surface area contributed by atoms with E-state index in [1.165, 1.54) is 96.3 Å². The maximum atomic E-state index is 3.17. The van der Waals surface area contributed by atoms with Gasteiger partial charge in [-0.3, -0.25) is 4.90 Å². The van der Waals surface area contributed by atoms with Gasteiger partial charge in [0.1, 0.15) is 0 Å². The zero-order valence-electron chi connectivity index (χ0n) is 33.6. The summed E-state index contributed by atoms with van der Waals surface area (Å²) in [5.41, 5.74) is 8.41. The van der Waals surface area contributed by atoms with E-state index in [0.29, 0.717) is 71.6 Å². The maximum Gasteiger partial charge on any atom is 0.0362 e. The summed E-state index contributed by atoms with van der Waals surface area (Å²) in [6.07, 6.45) is 47.6. The van der Waals surface area contributed by atoms with Gasteiger partial charge in [-0.2, -0.15) is 0 Å². The molecule has 7 aliphatic carbocycles. The van der Waals surface area contributed by atoms with Crippen LogP contribution in [0.25, 0.3) is 0 Å². The summed E-state index contributed by atoms with van der Waals surface area (Å²) in [6.45, 7) is 0. The van der Waals surface area contributed by atoms with Crippen molar-refractivity contribution in [2.24, 2.45) is 35.5 Å². The van der Waals surface area contributed by atoms with Gasteiger partial charge in [-0.05, 0) is 125 Å². The lowest BCUT2D eigenvalue weighted by atomic mass is 9.69. The number of hydrogen-bond donors (Lipinski definition) is 0. The molecule has 290 valence electrons. The van der Waals surface area contributed by atoms with Crippen molar-refractivity contribution in [1.82, 2.24) is 9.80 Å². The number of fused-ring (bicyclic) bond motifs is 6.